The molecule has 0 aliphatic carbocycles. The van der Waals surface area contributed by atoms with Gasteiger partial charge in [0.15, 0.2) is 0 Å². The van der Waals surface area contributed by atoms with Crippen LogP contribution < -0.4 is 15.2 Å². The van der Waals surface area contributed by atoms with E-state index >= 15 is 0 Å². The van der Waals surface area contributed by atoms with Gasteiger partial charge in [-0.1, -0.05) is 50.5 Å². The maximum Gasteiger partial charge on any atom is 0.282 e. The number of anilines is 1. The van der Waals surface area contributed by atoms with Crippen molar-refractivity contribution in [1.82, 2.24) is 9.66 Å². The fourth-order valence-corrected chi connectivity index (χ4v) is 3.59. The first-order chi connectivity index (χ1) is 15.5. The number of rotatable bonds is 7. The third-order valence-corrected chi connectivity index (χ3v) is 5.87. The molecule has 0 fully saturated rings. The van der Waals surface area contributed by atoms with Crippen molar-refractivity contribution in [2.24, 2.45) is 10.5 Å². The van der Waals surface area contributed by atoms with E-state index in [1.54, 1.807) is 12.3 Å². The van der Waals surface area contributed by atoms with E-state index in [0.717, 1.165) is 27.9 Å². The molecule has 176 valence electrons. The zero-order valence-electron chi connectivity index (χ0n) is 20.5. The molecule has 3 rings (SSSR count). The minimum atomic E-state index is -0.185. The summed E-state index contributed by atoms with van der Waals surface area (Å²) in [6.45, 7) is 11.1. The van der Waals surface area contributed by atoms with E-state index in [9.17, 15) is 4.79 Å². The maximum absolute atomic E-state index is 13.4. The molecule has 7 heteroatoms. The Labute approximate surface area is 204 Å². The summed E-state index contributed by atoms with van der Waals surface area (Å²) in [5, 5.41) is 5.14. The lowest BCUT2D eigenvalue weighted by molar-refractivity contribution is 0.198. The standard InChI is InChI=1S/C26H33BrN4O2/c1-8-17(2)24-29-22-12-10-19(27)13-21(22)25(32)31(24)28-15-18-9-11-20(30(6)7)14-23(18)33-16-26(3,4)5/h9-15,17H,8,16H2,1-7H3/t17-/m0/s1. The van der Waals surface area contributed by atoms with Crippen molar-refractivity contribution in [3.05, 3.63) is 62.6 Å². The smallest absolute Gasteiger partial charge is 0.282 e. The Balaban J connectivity index is 2.12. The molecule has 33 heavy (non-hydrogen) atoms. The lowest BCUT2D eigenvalue weighted by Gasteiger charge is -2.21. The number of benzene rings is 2. The number of halogens is 1. The summed E-state index contributed by atoms with van der Waals surface area (Å²) in [6.07, 6.45) is 2.54. The summed E-state index contributed by atoms with van der Waals surface area (Å²) in [7, 11) is 3.99. The van der Waals surface area contributed by atoms with Crippen LogP contribution in [0.4, 0.5) is 5.69 Å². The maximum atomic E-state index is 13.4. The number of hydrogen-bond donors (Lipinski definition) is 0. The minimum absolute atomic E-state index is 0.0127. The van der Waals surface area contributed by atoms with Crippen LogP contribution >= 0.6 is 15.9 Å². The molecule has 1 atom stereocenters. The van der Waals surface area contributed by atoms with E-state index in [1.807, 2.05) is 49.3 Å². The van der Waals surface area contributed by atoms with Crippen molar-refractivity contribution < 1.29 is 4.74 Å². The molecule has 0 unspecified atom stereocenters. The summed E-state index contributed by atoms with van der Waals surface area (Å²) in [5.74, 6) is 1.46. The molecule has 6 nitrogen and oxygen atoms in total. The van der Waals surface area contributed by atoms with E-state index in [-0.39, 0.29) is 16.9 Å². The van der Waals surface area contributed by atoms with Crippen LogP contribution in [0.1, 0.15) is 58.3 Å². The number of nitrogens with zero attached hydrogens (tertiary/aromatic N) is 4. The Kier molecular flexibility index (Phi) is 7.62. The zero-order valence-corrected chi connectivity index (χ0v) is 22.1. The van der Waals surface area contributed by atoms with Crippen LogP contribution in [0.2, 0.25) is 0 Å². The van der Waals surface area contributed by atoms with Crippen molar-refractivity contribution in [1.29, 1.82) is 0 Å². The van der Waals surface area contributed by atoms with Crippen molar-refractivity contribution in [2.75, 3.05) is 25.6 Å². The van der Waals surface area contributed by atoms with Gasteiger partial charge in [0.1, 0.15) is 11.6 Å². The molecule has 0 N–H and O–H groups in total. The molecule has 1 heterocycles. The molecule has 0 saturated carbocycles. The Hall–Kier alpha value is -2.67. The van der Waals surface area contributed by atoms with E-state index in [1.165, 1.54) is 4.68 Å². The summed E-state index contributed by atoms with van der Waals surface area (Å²) >= 11 is 3.45. The van der Waals surface area contributed by atoms with Crippen LogP contribution in [0, 0.1) is 5.41 Å². The molecule has 0 aliphatic rings. The monoisotopic (exact) mass is 512 g/mol. The van der Waals surface area contributed by atoms with Crippen LogP contribution in [0.25, 0.3) is 10.9 Å². The van der Waals surface area contributed by atoms with Gasteiger partial charge in [-0.05, 0) is 42.2 Å². The van der Waals surface area contributed by atoms with Crippen LogP contribution in [0.15, 0.2) is 50.8 Å². The van der Waals surface area contributed by atoms with Crippen LogP contribution in [0.5, 0.6) is 5.75 Å². The van der Waals surface area contributed by atoms with Gasteiger partial charge < -0.3 is 9.64 Å². The summed E-state index contributed by atoms with van der Waals surface area (Å²) < 4.78 is 8.43. The highest BCUT2D eigenvalue weighted by atomic mass is 79.9. The molecule has 3 aromatic rings. The first-order valence-corrected chi connectivity index (χ1v) is 12.0. The van der Waals surface area contributed by atoms with Gasteiger partial charge in [-0.3, -0.25) is 4.79 Å². The molecule has 0 spiro atoms. The molecule has 0 saturated heterocycles. The fourth-order valence-electron chi connectivity index (χ4n) is 3.23. The van der Waals surface area contributed by atoms with Gasteiger partial charge in [-0.2, -0.15) is 9.78 Å². The fraction of sp³-hybridized carbons (Fsp3) is 0.423. The van der Waals surface area contributed by atoms with E-state index in [2.05, 4.69) is 55.7 Å². The van der Waals surface area contributed by atoms with Gasteiger partial charge in [-0.25, -0.2) is 4.98 Å². The Bertz CT molecular complexity index is 1230. The van der Waals surface area contributed by atoms with E-state index < -0.39 is 0 Å². The van der Waals surface area contributed by atoms with Gasteiger partial charge in [0.05, 0.1) is 23.7 Å². The zero-order chi connectivity index (χ0) is 24.3. The number of hydrogen-bond acceptors (Lipinski definition) is 5. The summed E-state index contributed by atoms with van der Waals surface area (Å²) in [5.41, 5.74) is 2.34. The molecular weight excluding hydrogens is 480 g/mol. The van der Waals surface area contributed by atoms with Crippen molar-refractivity contribution >= 4 is 38.7 Å². The highest BCUT2D eigenvalue weighted by Crippen LogP contribution is 2.26. The van der Waals surface area contributed by atoms with Gasteiger partial charge in [0, 0.05) is 41.8 Å². The number of fused-ring (bicyclic) bond motifs is 1. The quantitative estimate of drug-likeness (QED) is 0.361. The van der Waals surface area contributed by atoms with Crippen LogP contribution in [-0.2, 0) is 0 Å². The normalized spacial score (nSPS) is 13.0. The molecule has 1 aromatic heterocycles. The first kappa shape index (κ1) is 25.0. The number of aromatic nitrogens is 2. The Morgan fingerprint density at radius 3 is 2.58 bits per heavy atom. The third-order valence-electron chi connectivity index (χ3n) is 5.37. The second kappa shape index (κ2) is 10.1. The molecule has 0 radical (unpaired) electrons. The summed E-state index contributed by atoms with van der Waals surface area (Å²) in [4.78, 5) is 20.2. The van der Waals surface area contributed by atoms with E-state index in [4.69, 9.17) is 9.72 Å². The van der Waals surface area contributed by atoms with Gasteiger partial charge >= 0.3 is 0 Å². The predicted octanol–water partition coefficient (Wildman–Crippen LogP) is 6.05. The van der Waals surface area contributed by atoms with Gasteiger partial charge in [-0.15, -0.1) is 0 Å². The number of ether oxygens (including phenoxy) is 1. The first-order valence-electron chi connectivity index (χ1n) is 11.2. The summed E-state index contributed by atoms with van der Waals surface area (Å²) in [6, 6.07) is 11.5. The Morgan fingerprint density at radius 1 is 1.21 bits per heavy atom. The topological polar surface area (TPSA) is 59.7 Å². The lowest BCUT2D eigenvalue weighted by atomic mass is 9.98. The SMILES string of the molecule is CC[C@H](C)c1nc2ccc(Br)cc2c(=O)n1N=Cc1ccc(N(C)C)cc1OCC(C)(C)C. The second-order valence-electron chi connectivity index (χ2n) is 9.77. The van der Waals surface area contributed by atoms with Crippen molar-refractivity contribution in [2.45, 2.75) is 47.0 Å². The van der Waals surface area contributed by atoms with Gasteiger partial charge in [0.25, 0.3) is 5.56 Å². The minimum Gasteiger partial charge on any atom is -0.492 e. The predicted molar refractivity (Wildman–Crippen MR) is 141 cm³/mol. The third kappa shape index (κ3) is 6.02. The highest BCUT2D eigenvalue weighted by Gasteiger charge is 2.17. The molecular formula is C26H33BrN4O2. The highest BCUT2D eigenvalue weighted by molar-refractivity contribution is 9.10. The second-order valence-corrected chi connectivity index (χ2v) is 10.7. The van der Waals surface area contributed by atoms with E-state index in [0.29, 0.717) is 23.3 Å². The molecule has 2 aromatic carbocycles. The van der Waals surface area contributed by atoms with Crippen LogP contribution in [-0.4, -0.2) is 36.6 Å². The molecule has 0 amide bonds. The lowest BCUT2D eigenvalue weighted by Crippen LogP contribution is -2.24. The molecule has 0 bridgehead atoms. The van der Waals surface area contributed by atoms with Crippen molar-refractivity contribution in [3.8, 4) is 5.75 Å². The average Bonchev–Trinajstić information content (AvgIpc) is 2.76. The van der Waals surface area contributed by atoms with Crippen molar-refractivity contribution in [3.63, 3.8) is 0 Å². The Morgan fingerprint density at radius 2 is 1.94 bits per heavy atom. The average molecular weight is 513 g/mol. The largest absolute Gasteiger partial charge is 0.492 e. The van der Waals surface area contributed by atoms with Gasteiger partial charge in [0.2, 0.25) is 0 Å². The van der Waals surface area contributed by atoms with Crippen LogP contribution in [0.3, 0.4) is 0 Å². The molecule has 0 aliphatic heterocycles.